The maximum absolute atomic E-state index is 12.4. The second-order valence-corrected chi connectivity index (χ2v) is 6.92. The van der Waals surface area contributed by atoms with Crippen molar-refractivity contribution in [3.05, 3.63) is 58.6 Å². The lowest BCUT2D eigenvalue weighted by molar-refractivity contribution is -0.125. The molecule has 0 aliphatic heterocycles. The van der Waals surface area contributed by atoms with Crippen LogP contribution < -0.4 is 15.4 Å². The van der Waals surface area contributed by atoms with Gasteiger partial charge in [0, 0.05) is 11.6 Å². The maximum Gasteiger partial charge on any atom is 0.228 e. The van der Waals surface area contributed by atoms with E-state index in [-0.39, 0.29) is 23.7 Å². The van der Waals surface area contributed by atoms with E-state index in [0.29, 0.717) is 29.4 Å². The van der Waals surface area contributed by atoms with Gasteiger partial charge in [-0.25, -0.2) is 0 Å². The molecule has 2 N–H and O–H groups in total. The Morgan fingerprint density at radius 1 is 1.12 bits per heavy atom. The molecule has 5 nitrogen and oxygen atoms in total. The summed E-state index contributed by atoms with van der Waals surface area (Å²) in [6, 6.07) is 13.0. The van der Waals surface area contributed by atoms with E-state index in [1.165, 1.54) is 12.7 Å². The quantitative estimate of drug-likeness (QED) is 0.814. The van der Waals surface area contributed by atoms with Crippen LogP contribution in [-0.2, 0) is 16.1 Å². The second-order valence-electron chi connectivity index (χ2n) is 6.49. The third-order valence-corrected chi connectivity index (χ3v) is 4.71. The monoisotopic (exact) mass is 372 g/mol. The van der Waals surface area contributed by atoms with E-state index in [1.54, 1.807) is 18.2 Å². The summed E-state index contributed by atoms with van der Waals surface area (Å²) >= 11 is 5.97. The number of hydrogen-bond acceptors (Lipinski definition) is 3. The molecule has 0 bridgehead atoms. The number of anilines is 1. The summed E-state index contributed by atoms with van der Waals surface area (Å²) in [4.78, 5) is 24.6. The van der Waals surface area contributed by atoms with Crippen molar-refractivity contribution in [2.45, 2.75) is 19.9 Å². The van der Waals surface area contributed by atoms with Crippen molar-refractivity contribution in [2.75, 3.05) is 12.4 Å². The lowest BCUT2D eigenvalue weighted by atomic mass is 10.1. The van der Waals surface area contributed by atoms with Gasteiger partial charge < -0.3 is 15.4 Å². The average Bonchev–Trinajstić information content (AvgIpc) is 3.42. The number of amides is 2. The van der Waals surface area contributed by atoms with Crippen molar-refractivity contribution in [3.8, 4) is 5.75 Å². The number of aryl methyl sites for hydroxylation is 1. The van der Waals surface area contributed by atoms with Gasteiger partial charge in [0.05, 0.1) is 24.6 Å². The minimum Gasteiger partial charge on any atom is -0.495 e. The molecule has 1 aliphatic carbocycles. The summed E-state index contributed by atoms with van der Waals surface area (Å²) in [6.07, 6.45) is 0.550. The number of ether oxygens (including phenoxy) is 1. The predicted octanol–water partition coefficient (Wildman–Crippen LogP) is 3.55. The zero-order valence-corrected chi connectivity index (χ0v) is 15.5. The Morgan fingerprint density at radius 2 is 1.81 bits per heavy atom. The van der Waals surface area contributed by atoms with E-state index in [0.717, 1.165) is 5.56 Å². The Labute approximate surface area is 157 Å². The second kappa shape index (κ2) is 7.79. The summed E-state index contributed by atoms with van der Waals surface area (Å²) in [7, 11) is 1.53. The number of carbonyl (C=O) groups excluding carboxylic acids is 2. The standard InChI is InChI=1S/C20H21ClN2O3/c1-12-3-5-13(6-4-12)11-22-19(24)15-10-16(15)20(25)23-17-9-14(21)7-8-18(17)26-2/h3-9,15-16H,10-11H2,1-2H3,(H,22,24)(H,23,25). The van der Waals surface area contributed by atoms with Gasteiger partial charge in [0.1, 0.15) is 5.75 Å². The normalized spacial score (nSPS) is 18.1. The molecule has 1 saturated carbocycles. The van der Waals surface area contributed by atoms with Crippen molar-refractivity contribution in [1.82, 2.24) is 5.32 Å². The summed E-state index contributed by atoms with van der Waals surface area (Å²) in [5, 5.41) is 6.20. The van der Waals surface area contributed by atoms with Crippen molar-refractivity contribution in [2.24, 2.45) is 11.8 Å². The third kappa shape index (κ3) is 4.35. The van der Waals surface area contributed by atoms with Crippen LogP contribution in [0.3, 0.4) is 0 Å². The topological polar surface area (TPSA) is 67.4 Å². The molecular formula is C20H21ClN2O3. The highest BCUT2D eigenvalue weighted by molar-refractivity contribution is 6.31. The molecule has 0 aromatic heterocycles. The molecule has 0 spiro atoms. The fourth-order valence-electron chi connectivity index (χ4n) is 2.80. The van der Waals surface area contributed by atoms with Crippen LogP contribution in [0.5, 0.6) is 5.75 Å². The summed E-state index contributed by atoms with van der Waals surface area (Å²) in [5.74, 6) is -0.365. The summed E-state index contributed by atoms with van der Waals surface area (Å²) in [6.45, 7) is 2.48. The van der Waals surface area contributed by atoms with Crippen LogP contribution in [-0.4, -0.2) is 18.9 Å². The van der Waals surface area contributed by atoms with Crippen LogP contribution in [0.1, 0.15) is 17.5 Å². The molecule has 3 rings (SSSR count). The van der Waals surface area contributed by atoms with E-state index in [4.69, 9.17) is 16.3 Å². The molecule has 1 aliphatic rings. The number of methoxy groups -OCH3 is 1. The summed E-state index contributed by atoms with van der Waals surface area (Å²) < 4.78 is 5.22. The van der Waals surface area contributed by atoms with Gasteiger partial charge >= 0.3 is 0 Å². The van der Waals surface area contributed by atoms with E-state index in [2.05, 4.69) is 10.6 Å². The van der Waals surface area contributed by atoms with Gasteiger partial charge in [-0.3, -0.25) is 9.59 Å². The molecule has 2 aromatic rings. The Hall–Kier alpha value is -2.53. The molecule has 2 aromatic carbocycles. The Morgan fingerprint density at radius 3 is 2.50 bits per heavy atom. The number of rotatable bonds is 6. The van der Waals surface area contributed by atoms with E-state index >= 15 is 0 Å². The lowest BCUT2D eigenvalue weighted by Crippen LogP contribution is -2.27. The Balaban J connectivity index is 1.53. The molecule has 0 radical (unpaired) electrons. The van der Waals surface area contributed by atoms with Crippen molar-refractivity contribution >= 4 is 29.1 Å². The van der Waals surface area contributed by atoms with Gasteiger partial charge in [-0.15, -0.1) is 0 Å². The fourth-order valence-corrected chi connectivity index (χ4v) is 2.98. The van der Waals surface area contributed by atoms with Crippen molar-refractivity contribution in [3.63, 3.8) is 0 Å². The number of carbonyl (C=O) groups is 2. The average molecular weight is 373 g/mol. The Bertz CT molecular complexity index is 820. The van der Waals surface area contributed by atoms with Gasteiger partial charge in [0.25, 0.3) is 0 Å². The molecule has 136 valence electrons. The van der Waals surface area contributed by atoms with Crippen molar-refractivity contribution < 1.29 is 14.3 Å². The highest BCUT2D eigenvalue weighted by atomic mass is 35.5. The first-order valence-electron chi connectivity index (χ1n) is 8.45. The smallest absolute Gasteiger partial charge is 0.228 e. The molecule has 0 saturated heterocycles. The highest BCUT2D eigenvalue weighted by Crippen LogP contribution is 2.40. The first-order valence-corrected chi connectivity index (χ1v) is 8.83. The SMILES string of the molecule is COc1ccc(Cl)cc1NC(=O)C1CC1C(=O)NCc1ccc(C)cc1. The van der Waals surface area contributed by atoms with Gasteiger partial charge in [0.15, 0.2) is 0 Å². The van der Waals surface area contributed by atoms with Crippen LogP contribution in [0.2, 0.25) is 5.02 Å². The van der Waals surface area contributed by atoms with E-state index < -0.39 is 0 Å². The first-order chi connectivity index (χ1) is 12.5. The Kier molecular flexibility index (Phi) is 5.47. The molecule has 1 fully saturated rings. The largest absolute Gasteiger partial charge is 0.495 e. The lowest BCUT2D eigenvalue weighted by Gasteiger charge is -2.10. The fraction of sp³-hybridized carbons (Fsp3) is 0.300. The van der Waals surface area contributed by atoms with Crippen molar-refractivity contribution in [1.29, 1.82) is 0 Å². The molecule has 2 unspecified atom stereocenters. The number of hydrogen-bond donors (Lipinski definition) is 2. The minimum absolute atomic E-state index is 0.0937. The van der Waals surface area contributed by atoms with Crippen LogP contribution in [0.25, 0.3) is 0 Å². The van der Waals surface area contributed by atoms with Crippen LogP contribution >= 0.6 is 11.6 Å². The molecule has 2 atom stereocenters. The number of benzene rings is 2. The van der Waals surface area contributed by atoms with Gasteiger partial charge in [-0.05, 0) is 37.1 Å². The van der Waals surface area contributed by atoms with Crippen LogP contribution in [0.4, 0.5) is 5.69 Å². The zero-order chi connectivity index (χ0) is 18.7. The molecule has 6 heteroatoms. The number of nitrogens with one attached hydrogen (secondary N) is 2. The predicted molar refractivity (Wildman–Crippen MR) is 101 cm³/mol. The van der Waals surface area contributed by atoms with Gasteiger partial charge in [-0.1, -0.05) is 41.4 Å². The van der Waals surface area contributed by atoms with E-state index in [1.807, 2.05) is 31.2 Å². The van der Waals surface area contributed by atoms with Gasteiger partial charge in [0.2, 0.25) is 11.8 Å². The van der Waals surface area contributed by atoms with Crippen LogP contribution in [0, 0.1) is 18.8 Å². The van der Waals surface area contributed by atoms with Gasteiger partial charge in [-0.2, -0.15) is 0 Å². The molecular weight excluding hydrogens is 352 g/mol. The molecule has 2 amide bonds. The highest BCUT2D eigenvalue weighted by Gasteiger charge is 2.48. The zero-order valence-electron chi connectivity index (χ0n) is 14.7. The minimum atomic E-state index is -0.322. The maximum atomic E-state index is 12.4. The first kappa shape index (κ1) is 18.3. The molecule has 26 heavy (non-hydrogen) atoms. The summed E-state index contributed by atoms with van der Waals surface area (Å²) in [5.41, 5.74) is 2.72. The van der Waals surface area contributed by atoms with Crippen LogP contribution in [0.15, 0.2) is 42.5 Å². The molecule has 0 heterocycles. The number of halogens is 1. The van der Waals surface area contributed by atoms with E-state index in [9.17, 15) is 9.59 Å². The third-order valence-electron chi connectivity index (χ3n) is 4.47.